The van der Waals surface area contributed by atoms with Gasteiger partial charge in [-0.1, -0.05) is 29.8 Å². The molecule has 0 atom stereocenters. The number of nitrogens with zero attached hydrogens (tertiary/aromatic N) is 1. The van der Waals surface area contributed by atoms with Crippen LogP contribution >= 0.6 is 24.0 Å². The second-order valence-electron chi connectivity index (χ2n) is 5.33. The summed E-state index contributed by atoms with van der Waals surface area (Å²) < 4.78 is 5.37. The van der Waals surface area contributed by atoms with E-state index in [-0.39, 0.29) is 24.0 Å². The lowest BCUT2D eigenvalue weighted by atomic mass is 10.1. The van der Waals surface area contributed by atoms with Crippen LogP contribution in [0.1, 0.15) is 16.7 Å². The van der Waals surface area contributed by atoms with Crippen molar-refractivity contribution >= 4 is 35.6 Å². The van der Waals surface area contributed by atoms with Gasteiger partial charge in [0.1, 0.15) is 5.75 Å². The van der Waals surface area contributed by atoms with Crippen LogP contribution in [0.25, 0.3) is 0 Å². The molecule has 0 fully saturated rings. The van der Waals surface area contributed by atoms with Gasteiger partial charge in [0.15, 0.2) is 5.96 Å². The third-order valence-electron chi connectivity index (χ3n) is 3.39. The van der Waals surface area contributed by atoms with Crippen molar-refractivity contribution < 1.29 is 4.74 Å². The first kappa shape index (κ1) is 19.3. The van der Waals surface area contributed by atoms with Gasteiger partial charge in [0.2, 0.25) is 0 Å². The molecule has 0 unspecified atom stereocenters. The van der Waals surface area contributed by atoms with E-state index in [2.05, 4.69) is 23.3 Å². The summed E-state index contributed by atoms with van der Waals surface area (Å²) >= 11 is 0. The molecular weight excluding hydrogens is 401 g/mol. The highest BCUT2D eigenvalue weighted by atomic mass is 127. The Hall–Kier alpha value is -1.76. The molecule has 2 aromatic rings. The van der Waals surface area contributed by atoms with E-state index in [4.69, 9.17) is 10.5 Å². The third kappa shape index (κ3) is 6.09. The summed E-state index contributed by atoms with van der Waals surface area (Å²) in [6.45, 7) is 4.73. The number of ether oxygens (including phenoxy) is 1. The van der Waals surface area contributed by atoms with Crippen LogP contribution < -0.4 is 15.8 Å². The number of guanidine groups is 1. The molecule has 2 aromatic carbocycles. The van der Waals surface area contributed by atoms with Gasteiger partial charge in [-0.3, -0.25) is 4.99 Å². The predicted octanol–water partition coefficient (Wildman–Crippen LogP) is 3.90. The Bertz CT molecular complexity index is 671. The minimum atomic E-state index is 0. The van der Waals surface area contributed by atoms with Crippen LogP contribution in [0.5, 0.6) is 5.75 Å². The molecule has 23 heavy (non-hydrogen) atoms. The number of aliphatic imine (C=N–C) groups is 1. The van der Waals surface area contributed by atoms with Crippen molar-refractivity contribution in [2.75, 3.05) is 19.0 Å². The molecule has 0 saturated heterocycles. The average Bonchev–Trinajstić information content (AvgIpc) is 2.47. The highest BCUT2D eigenvalue weighted by molar-refractivity contribution is 14.0. The highest BCUT2D eigenvalue weighted by Crippen LogP contribution is 2.20. The van der Waals surface area contributed by atoms with Crippen LogP contribution in [-0.4, -0.2) is 19.6 Å². The van der Waals surface area contributed by atoms with Crippen LogP contribution in [0.15, 0.2) is 47.5 Å². The number of halogens is 1. The van der Waals surface area contributed by atoms with Crippen LogP contribution in [-0.2, 0) is 6.42 Å². The molecule has 4 nitrogen and oxygen atoms in total. The van der Waals surface area contributed by atoms with Crippen molar-refractivity contribution in [2.45, 2.75) is 20.3 Å². The van der Waals surface area contributed by atoms with Gasteiger partial charge in [0, 0.05) is 12.2 Å². The number of anilines is 1. The van der Waals surface area contributed by atoms with Crippen molar-refractivity contribution in [1.29, 1.82) is 0 Å². The number of methoxy groups -OCH3 is 1. The average molecular weight is 425 g/mol. The molecule has 2 rings (SSSR count). The number of nitrogens with one attached hydrogen (secondary N) is 1. The minimum absolute atomic E-state index is 0. The van der Waals surface area contributed by atoms with E-state index >= 15 is 0 Å². The van der Waals surface area contributed by atoms with Gasteiger partial charge in [-0.05, 0) is 49.6 Å². The smallest absolute Gasteiger partial charge is 0.193 e. The molecule has 5 heteroatoms. The zero-order chi connectivity index (χ0) is 15.9. The topological polar surface area (TPSA) is 59.6 Å². The van der Waals surface area contributed by atoms with E-state index in [0.29, 0.717) is 12.5 Å². The normalized spacial score (nSPS) is 10.8. The number of rotatable bonds is 5. The quantitative estimate of drug-likeness (QED) is 0.434. The van der Waals surface area contributed by atoms with Crippen molar-refractivity contribution in [3.05, 3.63) is 59.2 Å². The minimum Gasteiger partial charge on any atom is -0.496 e. The maximum atomic E-state index is 5.93. The lowest BCUT2D eigenvalue weighted by molar-refractivity contribution is 0.409. The predicted molar refractivity (Wildman–Crippen MR) is 108 cm³/mol. The molecular formula is C18H24IN3O. The molecule has 0 aliphatic carbocycles. The van der Waals surface area contributed by atoms with E-state index in [0.717, 1.165) is 23.4 Å². The molecule has 0 amide bonds. The second-order valence-corrected chi connectivity index (χ2v) is 5.33. The number of hydrogen-bond acceptors (Lipinski definition) is 2. The summed E-state index contributed by atoms with van der Waals surface area (Å²) in [6.07, 6.45) is 0.793. The van der Waals surface area contributed by atoms with Crippen LogP contribution in [0.3, 0.4) is 0 Å². The van der Waals surface area contributed by atoms with E-state index in [1.54, 1.807) is 7.11 Å². The Labute approximate surface area is 155 Å². The van der Waals surface area contributed by atoms with Crippen LogP contribution in [0.4, 0.5) is 5.69 Å². The van der Waals surface area contributed by atoms with Gasteiger partial charge >= 0.3 is 0 Å². The number of hydrogen-bond donors (Lipinski definition) is 2. The summed E-state index contributed by atoms with van der Waals surface area (Å²) in [6, 6.07) is 14.2. The van der Waals surface area contributed by atoms with Gasteiger partial charge in [0.25, 0.3) is 0 Å². The van der Waals surface area contributed by atoms with Gasteiger partial charge in [0.05, 0.1) is 7.11 Å². The zero-order valence-corrected chi connectivity index (χ0v) is 16.1. The monoisotopic (exact) mass is 425 g/mol. The molecule has 0 aliphatic rings. The summed E-state index contributed by atoms with van der Waals surface area (Å²) in [7, 11) is 1.69. The summed E-state index contributed by atoms with van der Waals surface area (Å²) in [5, 5.41) is 3.11. The third-order valence-corrected chi connectivity index (χ3v) is 3.39. The molecule has 0 heterocycles. The van der Waals surface area contributed by atoms with Gasteiger partial charge in [-0.2, -0.15) is 0 Å². The summed E-state index contributed by atoms with van der Waals surface area (Å²) in [4.78, 5) is 4.38. The Balaban J connectivity index is 0.00000264. The first-order valence-electron chi connectivity index (χ1n) is 7.35. The van der Waals surface area contributed by atoms with Crippen LogP contribution in [0, 0.1) is 13.8 Å². The molecule has 0 aromatic heterocycles. The summed E-state index contributed by atoms with van der Waals surface area (Å²) in [5.41, 5.74) is 10.4. The Kier molecular flexibility index (Phi) is 7.88. The van der Waals surface area contributed by atoms with E-state index in [1.807, 2.05) is 43.3 Å². The Morgan fingerprint density at radius 3 is 2.57 bits per heavy atom. The first-order valence-corrected chi connectivity index (χ1v) is 7.35. The van der Waals surface area contributed by atoms with Crippen LogP contribution in [0.2, 0.25) is 0 Å². The van der Waals surface area contributed by atoms with Crippen molar-refractivity contribution in [3.63, 3.8) is 0 Å². The molecule has 0 saturated carbocycles. The molecule has 0 radical (unpaired) electrons. The largest absolute Gasteiger partial charge is 0.496 e. The molecule has 124 valence electrons. The lowest BCUT2D eigenvalue weighted by Gasteiger charge is -2.09. The van der Waals surface area contributed by atoms with Crippen molar-refractivity contribution in [3.8, 4) is 5.75 Å². The Morgan fingerprint density at radius 2 is 1.87 bits per heavy atom. The van der Waals surface area contributed by atoms with E-state index in [9.17, 15) is 0 Å². The fourth-order valence-electron chi connectivity index (χ4n) is 2.31. The van der Waals surface area contributed by atoms with Crippen molar-refractivity contribution in [1.82, 2.24) is 0 Å². The molecule has 0 bridgehead atoms. The molecule has 0 aliphatic heterocycles. The van der Waals surface area contributed by atoms with E-state index < -0.39 is 0 Å². The van der Waals surface area contributed by atoms with Crippen molar-refractivity contribution in [2.24, 2.45) is 10.7 Å². The summed E-state index contributed by atoms with van der Waals surface area (Å²) in [5.74, 6) is 1.32. The number of nitrogens with two attached hydrogens (primary N) is 1. The van der Waals surface area contributed by atoms with E-state index in [1.165, 1.54) is 11.1 Å². The number of aryl methyl sites for hydroxylation is 2. The lowest BCUT2D eigenvalue weighted by Crippen LogP contribution is -2.23. The maximum Gasteiger partial charge on any atom is 0.193 e. The fraction of sp³-hybridized carbons (Fsp3) is 0.278. The van der Waals surface area contributed by atoms with Gasteiger partial charge < -0.3 is 15.8 Å². The molecule has 3 N–H and O–H groups in total. The maximum absolute atomic E-state index is 5.93. The fourth-order valence-corrected chi connectivity index (χ4v) is 2.31. The number of benzene rings is 2. The zero-order valence-electron chi connectivity index (χ0n) is 13.8. The second kappa shape index (κ2) is 9.39. The molecule has 0 spiro atoms. The first-order chi connectivity index (χ1) is 10.6. The highest BCUT2D eigenvalue weighted by Gasteiger charge is 2.03. The van der Waals surface area contributed by atoms with Gasteiger partial charge in [-0.25, -0.2) is 0 Å². The van der Waals surface area contributed by atoms with Gasteiger partial charge in [-0.15, -0.1) is 24.0 Å². The SMILES string of the molecule is COc1ccc(C)cc1CCN=C(N)Nc1cccc(C)c1.I. The Morgan fingerprint density at radius 1 is 1.13 bits per heavy atom. The standard InChI is InChI=1S/C18H23N3O.HI/c1-13-5-4-6-16(12-13)21-18(19)20-10-9-15-11-14(2)7-8-17(15)22-3;/h4-8,11-12H,9-10H2,1-3H3,(H3,19,20,21);1H.